The van der Waals surface area contributed by atoms with Crippen molar-refractivity contribution in [2.75, 3.05) is 25.7 Å². The van der Waals surface area contributed by atoms with Crippen LogP contribution in [-0.2, 0) is 6.54 Å². The quantitative estimate of drug-likeness (QED) is 0.378. The molecule has 3 nitrogen and oxygen atoms in total. The van der Waals surface area contributed by atoms with Crippen molar-refractivity contribution in [3.8, 4) is 11.5 Å². The number of hydrogen-bond donors (Lipinski definition) is 0. The highest BCUT2D eigenvalue weighted by molar-refractivity contribution is 5.51. The van der Waals surface area contributed by atoms with E-state index in [4.69, 9.17) is 9.47 Å². The van der Waals surface area contributed by atoms with Gasteiger partial charge in [-0.15, -0.1) is 0 Å². The minimum atomic E-state index is 0.896. The first-order valence-electron chi connectivity index (χ1n) is 10.3. The second-order valence-electron chi connectivity index (χ2n) is 7.09. The van der Waals surface area contributed by atoms with E-state index in [-0.39, 0.29) is 0 Å². The van der Waals surface area contributed by atoms with Crippen molar-refractivity contribution in [1.82, 2.24) is 0 Å². The third kappa shape index (κ3) is 7.54. The molecule has 0 aliphatic heterocycles. The molecular weight excluding hydrogens is 334 g/mol. The Balaban J connectivity index is 1.97. The van der Waals surface area contributed by atoms with Crippen molar-refractivity contribution < 1.29 is 9.47 Å². The van der Waals surface area contributed by atoms with E-state index < -0.39 is 0 Å². The zero-order chi connectivity index (χ0) is 19.3. The molecule has 0 aliphatic rings. The van der Waals surface area contributed by atoms with Crippen LogP contribution in [0.3, 0.4) is 0 Å². The Kier molecular flexibility index (Phi) is 9.61. The van der Waals surface area contributed by atoms with Crippen LogP contribution in [0, 0.1) is 0 Å². The Hall–Kier alpha value is -2.16. The van der Waals surface area contributed by atoms with Crippen LogP contribution < -0.4 is 14.4 Å². The maximum atomic E-state index is 5.42. The average Bonchev–Trinajstić information content (AvgIpc) is 2.72. The number of ether oxygens (including phenoxy) is 2. The number of rotatable bonds is 13. The summed E-state index contributed by atoms with van der Waals surface area (Å²) < 4.78 is 10.7. The Morgan fingerprint density at radius 2 is 1.41 bits per heavy atom. The van der Waals surface area contributed by atoms with Gasteiger partial charge in [0.25, 0.3) is 0 Å². The van der Waals surface area contributed by atoms with Gasteiger partial charge >= 0.3 is 0 Å². The van der Waals surface area contributed by atoms with Gasteiger partial charge in [-0.3, -0.25) is 0 Å². The smallest absolute Gasteiger partial charge is 0.120 e. The molecule has 0 radical (unpaired) electrons. The summed E-state index contributed by atoms with van der Waals surface area (Å²) in [5, 5.41) is 0. The van der Waals surface area contributed by atoms with Crippen molar-refractivity contribution in [2.45, 2.75) is 58.4 Å². The van der Waals surface area contributed by atoms with Gasteiger partial charge in [0.2, 0.25) is 0 Å². The second kappa shape index (κ2) is 12.3. The molecule has 148 valence electrons. The molecule has 0 saturated carbocycles. The van der Waals surface area contributed by atoms with Crippen molar-refractivity contribution in [3.63, 3.8) is 0 Å². The van der Waals surface area contributed by atoms with Crippen LogP contribution in [0.4, 0.5) is 5.69 Å². The number of unbranched alkanes of at least 4 members (excludes halogenated alkanes) is 6. The summed E-state index contributed by atoms with van der Waals surface area (Å²) in [5.41, 5.74) is 2.51. The molecule has 0 aliphatic carbocycles. The lowest BCUT2D eigenvalue weighted by Gasteiger charge is -2.25. The number of anilines is 1. The van der Waals surface area contributed by atoms with E-state index in [1.807, 2.05) is 18.2 Å². The highest BCUT2D eigenvalue weighted by Gasteiger charge is 2.09. The first-order valence-corrected chi connectivity index (χ1v) is 10.3. The molecule has 2 rings (SSSR count). The second-order valence-corrected chi connectivity index (χ2v) is 7.09. The minimum absolute atomic E-state index is 0.896. The van der Waals surface area contributed by atoms with Crippen LogP contribution in [0.2, 0.25) is 0 Å². The lowest BCUT2D eigenvalue weighted by molar-refractivity contribution is 0.414. The first kappa shape index (κ1) is 21.1. The number of hydrogen-bond acceptors (Lipinski definition) is 3. The highest BCUT2D eigenvalue weighted by Crippen LogP contribution is 2.24. The summed E-state index contributed by atoms with van der Waals surface area (Å²) >= 11 is 0. The highest BCUT2D eigenvalue weighted by atomic mass is 16.5. The van der Waals surface area contributed by atoms with E-state index in [1.165, 1.54) is 56.2 Å². The Morgan fingerprint density at radius 1 is 0.741 bits per heavy atom. The maximum Gasteiger partial charge on any atom is 0.120 e. The summed E-state index contributed by atoms with van der Waals surface area (Å²) in [4.78, 5) is 2.45. The minimum Gasteiger partial charge on any atom is -0.497 e. The van der Waals surface area contributed by atoms with Gasteiger partial charge in [-0.2, -0.15) is 0 Å². The van der Waals surface area contributed by atoms with Crippen molar-refractivity contribution in [1.29, 1.82) is 0 Å². The molecule has 3 heteroatoms. The van der Waals surface area contributed by atoms with E-state index in [0.717, 1.165) is 24.6 Å². The van der Waals surface area contributed by atoms with Gasteiger partial charge < -0.3 is 14.4 Å². The van der Waals surface area contributed by atoms with Crippen LogP contribution in [0.1, 0.15) is 57.4 Å². The predicted molar refractivity (Wildman–Crippen MR) is 115 cm³/mol. The SMILES string of the molecule is CCCCCCCCCN(Cc1ccc(OC)cc1)c1cccc(OC)c1. The van der Waals surface area contributed by atoms with E-state index in [9.17, 15) is 0 Å². The van der Waals surface area contributed by atoms with E-state index in [0.29, 0.717) is 0 Å². The summed E-state index contributed by atoms with van der Waals surface area (Å²) in [6.45, 7) is 4.23. The zero-order valence-electron chi connectivity index (χ0n) is 17.2. The number of benzene rings is 2. The largest absolute Gasteiger partial charge is 0.497 e. The van der Waals surface area contributed by atoms with Gasteiger partial charge in [0.15, 0.2) is 0 Å². The molecule has 0 spiro atoms. The lowest BCUT2D eigenvalue weighted by atomic mass is 10.1. The van der Waals surface area contributed by atoms with E-state index in [2.05, 4.69) is 42.2 Å². The van der Waals surface area contributed by atoms with E-state index >= 15 is 0 Å². The fourth-order valence-corrected chi connectivity index (χ4v) is 3.32. The Morgan fingerprint density at radius 3 is 2.07 bits per heavy atom. The van der Waals surface area contributed by atoms with Crippen LogP contribution in [0.5, 0.6) is 11.5 Å². The first-order chi connectivity index (χ1) is 13.3. The standard InChI is InChI=1S/C24H35NO2/c1-4-5-6-7-8-9-10-18-25(22-12-11-13-24(19-22)27-3)20-21-14-16-23(26-2)17-15-21/h11-17,19H,4-10,18,20H2,1-3H3. The molecule has 27 heavy (non-hydrogen) atoms. The lowest BCUT2D eigenvalue weighted by Crippen LogP contribution is -2.24. The monoisotopic (exact) mass is 369 g/mol. The van der Waals surface area contributed by atoms with Crippen LogP contribution in [0.25, 0.3) is 0 Å². The van der Waals surface area contributed by atoms with Gasteiger partial charge in [-0.1, -0.05) is 63.6 Å². The average molecular weight is 370 g/mol. The fourth-order valence-electron chi connectivity index (χ4n) is 3.32. The molecular formula is C24H35NO2. The summed E-state index contributed by atoms with van der Waals surface area (Å²) in [6, 6.07) is 16.7. The van der Waals surface area contributed by atoms with Crippen molar-refractivity contribution in [3.05, 3.63) is 54.1 Å². The predicted octanol–water partition coefficient (Wildman–Crippen LogP) is 6.46. The molecule has 0 aromatic heterocycles. The summed E-state index contributed by atoms with van der Waals surface area (Å²) in [5.74, 6) is 1.81. The normalized spacial score (nSPS) is 10.6. The maximum absolute atomic E-state index is 5.42. The van der Waals surface area contributed by atoms with Crippen LogP contribution in [-0.4, -0.2) is 20.8 Å². The molecule has 0 saturated heterocycles. The molecule has 0 heterocycles. The molecule has 0 bridgehead atoms. The van der Waals surface area contributed by atoms with Gasteiger partial charge in [0.1, 0.15) is 11.5 Å². The van der Waals surface area contributed by atoms with Crippen LogP contribution in [0.15, 0.2) is 48.5 Å². The topological polar surface area (TPSA) is 21.7 Å². The van der Waals surface area contributed by atoms with E-state index in [1.54, 1.807) is 14.2 Å². The molecule has 0 fully saturated rings. The zero-order valence-corrected chi connectivity index (χ0v) is 17.2. The molecule has 2 aromatic carbocycles. The van der Waals surface area contributed by atoms with Gasteiger partial charge in [0, 0.05) is 24.8 Å². The molecule has 2 aromatic rings. The van der Waals surface area contributed by atoms with Crippen molar-refractivity contribution in [2.24, 2.45) is 0 Å². The molecule has 0 unspecified atom stereocenters. The summed E-state index contributed by atoms with van der Waals surface area (Å²) in [6.07, 6.45) is 9.28. The van der Waals surface area contributed by atoms with Gasteiger partial charge in [-0.25, -0.2) is 0 Å². The summed E-state index contributed by atoms with van der Waals surface area (Å²) in [7, 11) is 3.43. The fraction of sp³-hybridized carbons (Fsp3) is 0.500. The van der Waals surface area contributed by atoms with Crippen LogP contribution >= 0.6 is 0 Å². The third-order valence-electron chi connectivity index (χ3n) is 4.98. The number of methoxy groups -OCH3 is 2. The Bertz CT molecular complexity index is 639. The van der Waals surface area contributed by atoms with Gasteiger partial charge in [-0.05, 0) is 36.2 Å². The van der Waals surface area contributed by atoms with Gasteiger partial charge in [0.05, 0.1) is 14.2 Å². The molecule has 0 N–H and O–H groups in total. The molecule has 0 amide bonds. The Labute approximate surface area is 165 Å². The molecule has 0 atom stereocenters. The third-order valence-corrected chi connectivity index (χ3v) is 4.98. The number of nitrogens with zero attached hydrogens (tertiary/aromatic N) is 1. The van der Waals surface area contributed by atoms with Crippen molar-refractivity contribution >= 4 is 5.69 Å².